The van der Waals surface area contributed by atoms with E-state index in [0.29, 0.717) is 38.7 Å². The molecule has 0 aliphatic carbocycles. The Kier molecular flexibility index (Phi) is 12.3. The van der Waals surface area contributed by atoms with E-state index in [2.05, 4.69) is 24.5 Å². The summed E-state index contributed by atoms with van der Waals surface area (Å²) in [5, 5.41) is 5.89. The van der Waals surface area contributed by atoms with Crippen LogP contribution in [-0.2, 0) is 9.53 Å². The number of carbonyl (C=O) groups is 1. The molecule has 0 spiro atoms. The predicted octanol–water partition coefficient (Wildman–Crippen LogP) is 2.62. The third-order valence-electron chi connectivity index (χ3n) is 3.65. The summed E-state index contributed by atoms with van der Waals surface area (Å²) in [5.41, 5.74) is 0. The Balaban J connectivity index is 2.07. The fourth-order valence-corrected chi connectivity index (χ4v) is 2.13. The van der Waals surface area contributed by atoms with Crippen molar-refractivity contribution in [3.63, 3.8) is 0 Å². The molecule has 1 amide bonds. The predicted molar refractivity (Wildman–Crippen MR) is 104 cm³/mol. The number of benzene rings is 1. The van der Waals surface area contributed by atoms with Gasteiger partial charge >= 0.3 is 0 Å². The standard InChI is InChI=1S/C20H34N2O4/c1-17(2)9-13-24-12-5-8-20(23)22-11-15-26-19-7-4-6-18(16-19)25-14-10-21-3/h4,6-7,16-17,21H,5,8-15H2,1-3H3,(H,22,23). The van der Waals surface area contributed by atoms with Crippen molar-refractivity contribution in [3.8, 4) is 11.5 Å². The van der Waals surface area contributed by atoms with Crippen molar-refractivity contribution in [2.75, 3.05) is 46.6 Å². The quantitative estimate of drug-likeness (QED) is 0.467. The Bertz CT molecular complexity index is 494. The normalized spacial score (nSPS) is 10.8. The Hall–Kier alpha value is -1.79. The fraction of sp³-hybridized carbons (Fsp3) is 0.650. The van der Waals surface area contributed by atoms with Crippen LogP contribution in [0.5, 0.6) is 11.5 Å². The Morgan fingerprint density at radius 2 is 1.73 bits per heavy atom. The number of hydrogen-bond acceptors (Lipinski definition) is 5. The lowest BCUT2D eigenvalue weighted by Crippen LogP contribution is -2.28. The van der Waals surface area contributed by atoms with Crippen molar-refractivity contribution >= 4 is 5.91 Å². The molecular formula is C20H34N2O4. The first-order valence-electron chi connectivity index (χ1n) is 9.46. The van der Waals surface area contributed by atoms with Crippen molar-refractivity contribution in [2.45, 2.75) is 33.1 Å². The summed E-state index contributed by atoms with van der Waals surface area (Å²) in [6.07, 6.45) is 2.29. The molecule has 0 saturated heterocycles. The van der Waals surface area contributed by atoms with Crippen LogP contribution in [0.25, 0.3) is 0 Å². The van der Waals surface area contributed by atoms with E-state index in [1.54, 1.807) is 0 Å². The van der Waals surface area contributed by atoms with Crippen molar-refractivity contribution in [3.05, 3.63) is 24.3 Å². The summed E-state index contributed by atoms with van der Waals surface area (Å²) in [5.74, 6) is 2.20. The van der Waals surface area contributed by atoms with Gasteiger partial charge in [-0.15, -0.1) is 0 Å². The molecule has 0 heterocycles. The van der Waals surface area contributed by atoms with Gasteiger partial charge in [0.2, 0.25) is 5.91 Å². The summed E-state index contributed by atoms with van der Waals surface area (Å²) in [7, 11) is 1.89. The lowest BCUT2D eigenvalue weighted by atomic mass is 10.1. The second kappa shape index (κ2) is 14.4. The number of amides is 1. The molecule has 0 radical (unpaired) electrons. The van der Waals surface area contributed by atoms with Gasteiger partial charge in [-0.25, -0.2) is 0 Å². The van der Waals surface area contributed by atoms with E-state index in [4.69, 9.17) is 14.2 Å². The molecular weight excluding hydrogens is 332 g/mol. The zero-order valence-electron chi connectivity index (χ0n) is 16.4. The molecule has 0 aliphatic heterocycles. The van der Waals surface area contributed by atoms with Crippen molar-refractivity contribution < 1.29 is 19.0 Å². The molecule has 6 heteroatoms. The van der Waals surface area contributed by atoms with Gasteiger partial charge in [0.1, 0.15) is 24.7 Å². The van der Waals surface area contributed by atoms with Gasteiger partial charge in [-0.05, 0) is 37.9 Å². The highest BCUT2D eigenvalue weighted by Gasteiger charge is 2.02. The van der Waals surface area contributed by atoms with Gasteiger partial charge in [0.25, 0.3) is 0 Å². The largest absolute Gasteiger partial charge is 0.492 e. The van der Waals surface area contributed by atoms with Gasteiger partial charge < -0.3 is 24.8 Å². The average Bonchev–Trinajstić information content (AvgIpc) is 2.62. The van der Waals surface area contributed by atoms with E-state index >= 15 is 0 Å². The highest BCUT2D eigenvalue weighted by Crippen LogP contribution is 2.19. The monoisotopic (exact) mass is 366 g/mol. The van der Waals surface area contributed by atoms with Gasteiger partial charge in [0, 0.05) is 32.2 Å². The van der Waals surface area contributed by atoms with E-state index in [-0.39, 0.29) is 5.91 Å². The zero-order valence-corrected chi connectivity index (χ0v) is 16.4. The van der Waals surface area contributed by atoms with Crippen LogP contribution in [0, 0.1) is 5.92 Å². The van der Waals surface area contributed by atoms with Gasteiger partial charge in [-0.2, -0.15) is 0 Å². The third-order valence-corrected chi connectivity index (χ3v) is 3.65. The summed E-state index contributed by atoms with van der Waals surface area (Å²) >= 11 is 0. The topological polar surface area (TPSA) is 68.8 Å². The van der Waals surface area contributed by atoms with Gasteiger partial charge in [-0.3, -0.25) is 4.79 Å². The van der Waals surface area contributed by atoms with Gasteiger partial charge in [0.05, 0.1) is 6.54 Å². The maximum atomic E-state index is 11.7. The number of ether oxygens (including phenoxy) is 3. The first-order chi connectivity index (χ1) is 12.6. The maximum absolute atomic E-state index is 11.7. The van der Waals surface area contributed by atoms with Crippen LogP contribution in [-0.4, -0.2) is 52.5 Å². The highest BCUT2D eigenvalue weighted by atomic mass is 16.5. The molecule has 0 unspecified atom stereocenters. The highest BCUT2D eigenvalue weighted by molar-refractivity contribution is 5.75. The van der Waals surface area contributed by atoms with Crippen molar-refractivity contribution in [1.82, 2.24) is 10.6 Å². The van der Waals surface area contributed by atoms with Crippen LogP contribution in [0.3, 0.4) is 0 Å². The molecule has 26 heavy (non-hydrogen) atoms. The van der Waals surface area contributed by atoms with Crippen LogP contribution in [0.15, 0.2) is 24.3 Å². The van der Waals surface area contributed by atoms with E-state index in [9.17, 15) is 4.79 Å². The van der Waals surface area contributed by atoms with Crippen LogP contribution >= 0.6 is 0 Å². The van der Waals surface area contributed by atoms with E-state index in [1.807, 2.05) is 31.3 Å². The van der Waals surface area contributed by atoms with Crippen molar-refractivity contribution in [1.29, 1.82) is 0 Å². The van der Waals surface area contributed by atoms with Crippen LogP contribution in [0.4, 0.5) is 0 Å². The summed E-state index contributed by atoms with van der Waals surface area (Å²) < 4.78 is 16.7. The second-order valence-electron chi connectivity index (χ2n) is 6.52. The van der Waals surface area contributed by atoms with Gasteiger partial charge in [0.15, 0.2) is 0 Å². The number of nitrogens with one attached hydrogen (secondary N) is 2. The molecule has 148 valence electrons. The maximum Gasteiger partial charge on any atom is 0.220 e. The Morgan fingerprint density at radius 1 is 1.04 bits per heavy atom. The summed E-state index contributed by atoms with van der Waals surface area (Å²) in [6, 6.07) is 7.52. The Labute approximate surface area is 157 Å². The molecule has 1 aromatic carbocycles. The SMILES string of the molecule is CNCCOc1cccc(OCCNC(=O)CCCOCCC(C)C)c1. The third kappa shape index (κ3) is 11.7. The lowest BCUT2D eigenvalue weighted by Gasteiger charge is -2.10. The number of rotatable bonds is 15. The van der Waals surface area contributed by atoms with Crippen LogP contribution in [0.2, 0.25) is 0 Å². The fourth-order valence-electron chi connectivity index (χ4n) is 2.13. The minimum atomic E-state index is 0.0326. The zero-order chi connectivity index (χ0) is 19.0. The number of hydrogen-bond donors (Lipinski definition) is 2. The molecule has 0 atom stereocenters. The molecule has 6 nitrogen and oxygen atoms in total. The molecule has 0 bridgehead atoms. The molecule has 2 N–H and O–H groups in total. The molecule has 0 fully saturated rings. The van der Waals surface area contributed by atoms with E-state index in [0.717, 1.165) is 37.5 Å². The summed E-state index contributed by atoms with van der Waals surface area (Å²) in [6.45, 7) is 8.06. The minimum absolute atomic E-state index is 0.0326. The van der Waals surface area contributed by atoms with Gasteiger partial charge in [-0.1, -0.05) is 19.9 Å². The second-order valence-corrected chi connectivity index (χ2v) is 6.52. The number of carbonyl (C=O) groups excluding carboxylic acids is 1. The molecule has 0 aliphatic rings. The van der Waals surface area contributed by atoms with Crippen molar-refractivity contribution in [2.24, 2.45) is 5.92 Å². The lowest BCUT2D eigenvalue weighted by molar-refractivity contribution is -0.121. The van der Waals surface area contributed by atoms with E-state index < -0.39 is 0 Å². The first-order valence-corrected chi connectivity index (χ1v) is 9.46. The molecule has 0 aromatic heterocycles. The first kappa shape index (κ1) is 22.3. The molecule has 0 saturated carbocycles. The average molecular weight is 367 g/mol. The number of likely N-dealkylation sites (N-methyl/N-ethyl adjacent to an activating group) is 1. The minimum Gasteiger partial charge on any atom is -0.492 e. The molecule has 1 rings (SSSR count). The Morgan fingerprint density at radius 3 is 2.38 bits per heavy atom. The molecule has 1 aromatic rings. The summed E-state index contributed by atoms with van der Waals surface area (Å²) in [4.78, 5) is 11.7. The smallest absolute Gasteiger partial charge is 0.220 e. The van der Waals surface area contributed by atoms with E-state index in [1.165, 1.54) is 0 Å². The van der Waals surface area contributed by atoms with Crippen LogP contribution in [0.1, 0.15) is 33.1 Å². The van der Waals surface area contributed by atoms with Crippen LogP contribution < -0.4 is 20.1 Å².